The minimum absolute atomic E-state index is 0.0322. The molecule has 6 heteroatoms. The third kappa shape index (κ3) is 4.85. The number of nitrogens with zero attached hydrogens (tertiary/aromatic N) is 1. The first-order valence-corrected chi connectivity index (χ1v) is 9.21. The first-order valence-electron chi connectivity index (χ1n) is 9.21. The molecule has 6 nitrogen and oxygen atoms in total. The van der Waals surface area contributed by atoms with Crippen molar-refractivity contribution in [2.24, 2.45) is 0 Å². The van der Waals surface area contributed by atoms with Crippen molar-refractivity contribution >= 4 is 28.7 Å². The maximum atomic E-state index is 12.3. The molecule has 0 aliphatic carbocycles. The monoisotopic (exact) mass is 390 g/mol. The van der Waals surface area contributed by atoms with Gasteiger partial charge in [0, 0.05) is 17.1 Å². The molecular formula is C23H22N2O4. The number of nitrogens with one attached hydrogen (secondary N) is 1. The van der Waals surface area contributed by atoms with E-state index in [0.717, 1.165) is 10.9 Å². The summed E-state index contributed by atoms with van der Waals surface area (Å²) < 4.78 is 5.06. The summed E-state index contributed by atoms with van der Waals surface area (Å²) in [5.41, 5.74) is 2.17. The fourth-order valence-corrected chi connectivity index (χ4v) is 2.83. The smallest absolute Gasteiger partial charge is 0.340 e. The molecule has 0 aliphatic heterocycles. The second kappa shape index (κ2) is 8.22. The summed E-state index contributed by atoms with van der Waals surface area (Å²) in [6.45, 7) is 5.66. The van der Waals surface area contributed by atoms with Gasteiger partial charge in [-0.05, 0) is 35.2 Å². The molecule has 1 N–H and O–H groups in total. The van der Waals surface area contributed by atoms with Crippen molar-refractivity contribution < 1.29 is 19.1 Å². The molecule has 3 aromatic rings. The Hall–Kier alpha value is -3.54. The van der Waals surface area contributed by atoms with Gasteiger partial charge in [0.05, 0.1) is 11.1 Å². The number of esters is 1. The second-order valence-corrected chi connectivity index (χ2v) is 7.66. The van der Waals surface area contributed by atoms with Crippen LogP contribution in [-0.2, 0) is 14.9 Å². The Kier molecular flexibility index (Phi) is 5.73. The van der Waals surface area contributed by atoms with Crippen LogP contribution in [0.2, 0.25) is 0 Å². The van der Waals surface area contributed by atoms with Crippen LogP contribution in [-0.4, -0.2) is 29.4 Å². The highest BCUT2D eigenvalue weighted by molar-refractivity contribution is 6.06. The van der Waals surface area contributed by atoms with Crippen LogP contribution in [0.5, 0.6) is 0 Å². The number of imide groups is 1. The summed E-state index contributed by atoms with van der Waals surface area (Å²) in [4.78, 5) is 40.8. The van der Waals surface area contributed by atoms with Crippen LogP contribution in [0.15, 0.2) is 60.8 Å². The normalized spacial score (nSPS) is 11.1. The van der Waals surface area contributed by atoms with Gasteiger partial charge < -0.3 is 4.74 Å². The average molecular weight is 390 g/mol. The van der Waals surface area contributed by atoms with Gasteiger partial charge >= 0.3 is 5.97 Å². The molecule has 0 bridgehead atoms. The molecule has 0 saturated heterocycles. The fourth-order valence-electron chi connectivity index (χ4n) is 2.83. The summed E-state index contributed by atoms with van der Waals surface area (Å²) >= 11 is 0. The molecule has 0 saturated carbocycles. The van der Waals surface area contributed by atoms with E-state index in [-0.39, 0.29) is 11.0 Å². The lowest BCUT2D eigenvalue weighted by Gasteiger charge is -2.19. The highest BCUT2D eigenvalue weighted by Gasteiger charge is 2.17. The molecule has 1 heterocycles. The largest absolute Gasteiger partial charge is 0.452 e. The molecule has 0 spiro atoms. The number of hydrogen-bond donors (Lipinski definition) is 1. The Morgan fingerprint density at radius 2 is 1.66 bits per heavy atom. The summed E-state index contributed by atoms with van der Waals surface area (Å²) in [6, 6.07) is 15.8. The van der Waals surface area contributed by atoms with E-state index < -0.39 is 24.4 Å². The van der Waals surface area contributed by atoms with Gasteiger partial charge in [-0.1, -0.05) is 51.1 Å². The topological polar surface area (TPSA) is 85.4 Å². The number of ether oxygens (including phenoxy) is 1. The van der Waals surface area contributed by atoms with Crippen molar-refractivity contribution in [3.63, 3.8) is 0 Å². The van der Waals surface area contributed by atoms with Crippen LogP contribution >= 0.6 is 0 Å². The summed E-state index contributed by atoms with van der Waals surface area (Å²) in [7, 11) is 0. The van der Waals surface area contributed by atoms with Crippen molar-refractivity contribution in [3.05, 3.63) is 77.5 Å². The zero-order chi connectivity index (χ0) is 21.0. The molecule has 1 aromatic heterocycles. The summed E-state index contributed by atoms with van der Waals surface area (Å²) in [5, 5.41) is 3.02. The van der Waals surface area contributed by atoms with E-state index in [4.69, 9.17) is 4.74 Å². The Morgan fingerprint density at radius 1 is 0.966 bits per heavy atom. The molecule has 0 atom stereocenters. The van der Waals surface area contributed by atoms with Gasteiger partial charge in [-0.3, -0.25) is 19.9 Å². The van der Waals surface area contributed by atoms with Crippen LogP contribution in [0, 0.1) is 0 Å². The van der Waals surface area contributed by atoms with E-state index in [1.165, 1.54) is 0 Å². The van der Waals surface area contributed by atoms with Gasteiger partial charge in [0.2, 0.25) is 0 Å². The molecule has 29 heavy (non-hydrogen) atoms. The SMILES string of the molecule is CC(C)(C)c1ccc(C(=O)NC(=O)COC(=O)c2cccc3cccnc23)cc1. The second-order valence-electron chi connectivity index (χ2n) is 7.66. The van der Waals surface area contributed by atoms with E-state index in [1.807, 2.05) is 24.3 Å². The van der Waals surface area contributed by atoms with Crippen molar-refractivity contribution in [2.75, 3.05) is 6.61 Å². The highest BCUT2D eigenvalue weighted by Crippen LogP contribution is 2.22. The lowest BCUT2D eigenvalue weighted by atomic mass is 9.87. The average Bonchev–Trinajstić information content (AvgIpc) is 2.71. The highest BCUT2D eigenvalue weighted by atomic mass is 16.5. The number of fused-ring (bicyclic) bond motifs is 1. The third-order valence-corrected chi connectivity index (χ3v) is 4.45. The van der Waals surface area contributed by atoms with Gasteiger partial charge in [-0.15, -0.1) is 0 Å². The first-order chi connectivity index (χ1) is 13.8. The Labute approximate surface area is 168 Å². The van der Waals surface area contributed by atoms with Gasteiger partial charge in [0.1, 0.15) is 0 Å². The van der Waals surface area contributed by atoms with E-state index in [1.54, 1.807) is 36.5 Å². The number of amides is 2. The van der Waals surface area contributed by atoms with E-state index >= 15 is 0 Å². The van der Waals surface area contributed by atoms with E-state index in [0.29, 0.717) is 11.1 Å². The van der Waals surface area contributed by atoms with Gasteiger partial charge in [0.15, 0.2) is 6.61 Å². The number of hydrogen-bond acceptors (Lipinski definition) is 5. The molecule has 0 unspecified atom stereocenters. The van der Waals surface area contributed by atoms with Crippen molar-refractivity contribution in [2.45, 2.75) is 26.2 Å². The predicted octanol–water partition coefficient (Wildman–Crippen LogP) is 3.65. The van der Waals surface area contributed by atoms with Crippen molar-refractivity contribution in [1.82, 2.24) is 10.3 Å². The lowest BCUT2D eigenvalue weighted by molar-refractivity contribution is -0.123. The number of carbonyl (C=O) groups excluding carboxylic acids is 3. The van der Waals surface area contributed by atoms with E-state index in [2.05, 4.69) is 31.1 Å². The van der Waals surface area contributed by atoms with Crippen molar-refractivity contribution in [3.8, 4) is 0 Å². The number of carbonyl (C=O) groups is 3. The van der Waals surface area contributed by atoms with Crippen LogP contribution in [0.25, 0.3) is 10.9 Å². The molecular weight excluding hydrogens is 368 g/mol. The molecule has 0 aliphatic rings. The van der Waals surface area contributed by atoms with Gasteiger partial charge in [-0.2, -0.15) is 0 Å². The number of aromatic nitrogens is 1. The van der Waals surface area contributed by atoms with Crippen LogP contribution in [0.4, 0.5) is 0 Å². The third-order valence-electron chi connectivity index (χ3n) is 4.45. The van der Waals surface area contributed by atoms with Crippen molar-refractivity contribution in [1.29, 1.82) is 0 Å². The minimum atomic E-state index is -0.698. The zero-order valence-corrected chi connectivity index (χ0v) is 16.6. The van der Waals surface area contributed by atoms with Gasteiger partial charge in [-0.25, -0.2) is 4.79 Å². The molecule has 2 aromatic carbocycles. The van der Waals surface area contributed by atoms with Gasteiger partial charge in [0.25, 0.3) is 11.8 Å². The van der Waals surface area contributed by atoms with Crippen LogP contribution in [0.3, 0.4) is 0 Å². The number of benzene rings is 2. The molecule has 148 valence electrons. The van der Waals surface area contributed by atoms with Crippen LogP contribution < -0.4 is 5.32 Å². The minimum Gasteiger partial charge on any atom is -0.452 e. The fraction of sp³-hybridized carbons (Fsp3) is 0.217. The Balaban J connectivity index is 1.59. The standard InChI is InChI=1S/C23H22N2O4/c1-23(2,3)17-11-9-16(10-12-17)21(27)25-19(26)14-29-22(28)18-8-4-6-15-7-5-13-24-20(15)18/h4-13H,14H2,1-3H3,(H,25,26,27). The van der Waals surface area contributed by atoms with Crippen LogP contribution in [0.1, 0.15) is 47.1 Å². The molecule has 0 radical (unpaired) electrons. The number of pyridine rings is 1. The number of rotatable bonds is 4. The predicted molar refractivity (Wildman–Crippen MR) is 110 cm³/mol. The Bertz CT molecular complexity index is 1060. The summed E-state index contributed by atoms with van der Waals surface area (Å²) in [6.07, 6.45) is 1.58. The Morgan fingerprint density at radius 3 is 2.34 bits per heavy atom. The number of para-hydroxylation sites is 1. The van der Waals surface area contributed by atoms with E-state index in [9.17, 15) is 14.4 Å². The maximum absolute atomic E-state index is 12.3. The lowest BCUT2D eigenvalue weighted by Crippen LogP contribution is -2.34. The first kappa shape index (κ1) is 20.2. The molecule has 2 amide bonds. The maximum Gasteiger partial charge on any atom is 0.340 e. The molecule has 3 rings (SSSR count). The quantitative estimate of drug-likeness (QED) is 0.688. The summed E-state index contributed by atoms with van der Waals surface area (Å²) in [5.74, 6) is -1.92. The molecule has 0 fully saturated rings. The zero-order valence-electron chi connectivity index (χ0n) is 16.6.